The number of nitrogens with zero attached hydrogens (tertiary/aromatic N) is 1. The normalized spacial score (nSPS) is 14.8. The number of hydrogen-bond donors (Lipinski definition) is 1. The van der Waals surface area contributed by atoms with Crippen molar-refractivity contribution in [1.82, 2.24) is 10.2 Å². The molecule has 0 radical (unpaired) electrons. The van der Waals surface area contributed by atoms with Crippen molar-refractivity contribution in [2.75, 3.05) is 6.54 Å². The van der Waals surface area contributed by atoms with Crippen LogP contribution in [0.3, 0.4) is 0 Å². The molecule has 0 saturated heterocycles. The molecular formula is C23H22F4N2O4. The summed E-state index contributed by atoms with van der Waals surface area (Å²) >= 11 is 0. The Balaban J connectivity index is 1.91. The highest BCUT2D eigenvalue weighted by Crippen LogP contribution is 2.36. The van der Waals surface area contributed by atoms with Crippen LogP contribution < -0.4 is 5.32 Å². The van der Waals surface area contributed by atoms with E-state index in [2.05, 4.69) is 5.32 Å². The van der Waals surface area contributed by atoms with Crippen LogP contribution in [0.25, 0.3) is 0 Å². The Morgan fingerprint density at radius 2 is 1.61 bits per heavy atom. The van der Waals surface area contributed by atoms with Crippen molar-refractivity contribution in [3.63, 3.8) is 0 Å². The maximum Gasteiger partial charge on any atom is 0.419 e. The number of fused-ring (bicyclic) bond motifs is 1. The lowest BCUT2D eigenvalue weighted by molar-refractivity contribution is -0.140. The molecule has 1 atom stereocenters. The average molecular weight is 466 g/mol. The van der Waals surface area contributed by atoms with E-state index in [1.165, 1.54) is 12.1 Å². The van der Waals surface area contributed by atoms with Gasteiger partial charge in [-0.2, -0.15) is 13.2 Å². The number of ether oxygens (including phenoxy) is 1. The van der Waals surface area contributed by atoms with Crippen LogP contribution in [0.4, 0.5) is 22.4 Å². The van der Waals surface area contributed by atoms with Gasteiger partial charge in [0.05, 0.1) is 22.7 Å². The second-order valence-electron chi connectivity index (χ2n) is 8.50. The van der Waals surface area contributed by atoms with Gasteiger partial charge in [-0.15, -0.1) is 0 Å². The molecule has 0 aromatic heterocycles. The van der Waals surface area contributed by atoms with E-state index < -0.39 is 47.1 Å². The monoisotopic (exact) mass is 466 g/mol. The lowest BCUT2D eigenvalue weighted by Crippen LogP contribution is -2.38. The molecule has 2 aromatic carbocycles. The number of rotatable bonds is 5. The van der Waals surface area contributed by atoms with E-state index in [-0.39, 0.29) is 29.7 Å². The van der Waals surface area contributed by atoms with Crippen molar-refractivity contribution >= 4 is 17.9 Å². The SMILES string of the molecule is CC(C)(C)OC(=O)NCC[C@H](c1ccc(C(F)(F)F)c(F)c1)N1C(=O)c2ccccc2C1=O. The molecule has 0 fully saturated rings. The van der Waals surface area contributed by atoms with Crippen molar-refractivity contribution in [3.8, 4) is 0 Å². The molecular weight excluding hydrogens is 444 g/mol. The van der Waals surface area contributed by atoms with Crippen LogP contribution in [0.2, 0.25) is 0 Å². The van der Waals surface area contributed by atoms with Crippen molar-refractivity contribution in [1.29, 1.82) is 0 Å². The largest absolute Gasteiger partial charge is 0.444 e. The van der Waals surface area contributed by atoms with Crippen LogP contribution in [-0.4, -0.2) is 35.0 Å². The van der Waals surface area contributed by atoms with Gasteiger partial charge in [0.1, 0.15) is 11.4 Å². The smallest absolute Gasteiger partial charge is 0.419 e. The average Bonchev–Trinajstić information content (AvgIpc) is 2.94. The highest BCUT2D eigenvalue weighted by Gasteiger charge is 2.41. The predicted molar refractivity (Wildman–Crippen MR) is 110 cm³/mol. The highest BCUT2D eigenvalue weighted by atomic mass is 19.4. The van der Waals surface area contributed by atoms with E-state index in [1.54, 1.807) is 32.9 Å². The molecule has 1 aliphatic rings. The molecule has 10 heteroatoms. The maximum atomic E-state index is 14.3. The van der Waals surface area contributed by atoms with Gasteiger partial charge in [0.2, 0.25) is 0 Å². The summed E-state index contributed by atoms with van der Waals surface area (Å²) in [5, 5.41) is 2.48. The molecule has 6 nitrogen and oxygen atoms in total. The van der Waals surface area contributed by atoms with Crippen LogP contribution in [0.1, 0.15) is 65.1 Å². The third-order valence-electron chi connectivity index (χ3n) is 4.91. The number of carbonyl (C=O) groups is 3. The number of alkyl carbamates (subject to hydrolysis) is 1. The Bertz CT molecular complexity index is 1060. The van der Waals surface area contributed by atoms with E-state index >= 15 is 0 Å². The van der Waals surface area contributed by atoms with E-state index in [4.69, 9.17) is 4.74 Å². The second-order valence-corrected chi connectivity index (χ2v) is 8.50. The fourth-order valence-corrected chi connectivity index (χ4v) is 3.53. The first kappa shape index (κ1) is 24.2. The lowest BCUT2D eigenvalue weighted by atomic mass is 9.99. The molecule has 0 unspecified atom stereocenters. The molecule has 3 rings (SSSR count). The zero-order chi connectivity index (χ0) is 24.6. The fraction of sp³-hybridized carbons (Fsp3) is 0.348. The van der Waals surface area contributed by atoms with E-state index in [1.807, 2.05) is 0 Å². The number of hydrogen-bond acceptors (Lipinski definition) is 4. The number of carbonyl (C=O) groups excluding carboxylic acids is 3. The summed E-state index contributed by atoms with van der Waals surface area (Å²) in [4.78, 5) is 38.7. The Morgan fingerprint density at radius 1 is 1.03 bits per heavy atom. The lowest BCUT2D eigenvalue weighted by Gasteiger charge is -2.27. The van der Waals surface area contributed by atoms with Gasteiger partial charge in [-0.1, -0.05) is 18.2 Å². The topological polar surface area (TPSA) is 75.7 Å². The van der Waals surface area contributed by atoms with Gasteiger partial charge in [-0.05, 0) is 57.0 Å². The van der Waals surface area contributed by atoms with Gasteiger partial charge in [-0.3, -0.25) is 14.5 Å². The van der Waals surface area contributed by atoms with Crippen LogP contribution in [0.15, 0.2) is 42.5 Å². The number of imide groups is 1. The second kappa shape index (κ2) is 8.84. The van der Waals surface area contributed by atoms with Crippen LogP contribution >= 0.6 is 0 Å². The van der Waals surface area contributed by atoms with E-state index in [0.29, 0.717) is 12.1 Å². The van der Waals surface area contributed by atoms with E-state index in [9.17, 15) is 31.9 Å². The third kappa shape index (κ3) is 5.32. The minimum absolute atomic E-state index is 0.0130. The number of benzene rings is 2. The Morgan fingerprint density at radius 3 is 2.09 bits per heavy atom. The van der Waals surface area contributed by atoms with Gasteiger partial charge in [-0.25, -0.2) is 9.18 Å². The number of nitrogens with one attached hydrogen (secondary N) is 1. The molecule has 0 bridgehead atoms. The summed E-state index contributed by atoms with van der Waals surface area (Å²) in [5.41, 5.74) is -1.96. The Hall–Kier alpha value is -3.43. The van der Waals surface area contributed by atoms with E-state index in [0.717, 1.165) is 11.0 Å². The molecule has 0 aliphatic carbocycles. The fourth-order valence-electron chi connectivity index (χ4n) is 3.53. The summed E-state index contributed by atoms with van der Waals surface area (Å²) in [6, 6.07) is 7.19. The van der Waals surface area contributed by atoms with Crippen molar-refractivity contribution in [2.24, 2.45) is 0 Å². The first-order valence-corrected chi connectivity index (χ1v) is 10.1. The van der Waals surface area contributed by atoms with Gasteiger partial charge >= 0.3 is 12.3 Å². The first-order chi connectivity index (χ1) is 15.3. The van der Waals surface area contributed by atoms with Gasteiger partial charge in [0.15, 0.2) is 0 Å². The zero-order valence-corrected chi connectivity index (χ0v) is 18.1. The van der Waals surface area contributed by atoms with Crippen LogP contribution in [0.5, 0.6) is 0 Å². The molecule has 33 heavy (non-hydrogen) atoms. The van der Waals surface area contributed by atoms with Crippen molar-refractivity contribution < 1.29 is 36.7 Å². The van der Waals surface area contributed by atoms with Gasteiger partial charge in [0, 0.05) is 6.54 Å². The molecule has 176 valence electrons. The minimum atomic E-state index is -4.90. The molecule has 1 aliphatic heterocycles. The summed E-state index contributed by atoms with van der Waals surface area (Å²) in [6.07, 6.45) is -5.72. The summed E-state index contributed by atoms with van der Waals surface area (Å²) in [5.74, 6) is -2.84. The van der Waals surface area contributed by atoms with Gasteiger partial charge < -0.3 is 10.1 Å². The van der Waals surface area contributed by atoms with Crippen molar-refractivity contribution in [3.05, 3.63) is 70.5 Å². The molecule has 3 amide bonds. The Kier molecular flexibility index (Phi) is 6.49. The third-order valence-corrected chi connectivity index (χ3v) is 4.91. The number of amides is 3. The summed E-state index contributed by atoms with van der Waals surface area (Å²) < 4.78 is 58.4. The van der Waals surface area contributed by atoms with Crippen LogP contribution in [-0.2, 0) is 10.9 Å². The van der Waals surface area contributed by atoms with Gasteiger partial charge in [0.25, 0.3) is 11.8 Å². The maximum absolute atomic E-state index is 14.3. The standard InChI is InChI=1S/C23H22F4N2O4/c1-22(2,3)33-21(32)28-11-10-18(13-8-9-16(17(24)12-13)23(25,26)27)29-19(30)14-6-4-5-7-15(14)20(29)31/h4-9,12,18H,10-11H2,1-3H3,(H,28,32)/t18-/m1/s1. The van der Waals surface area contributed by atoms with Crippen molar-refractivity contribution in [2.45, 2.75) is 45.0 Å². The number of halogens is 4. The molecule has 2 aromatic rings. The molecule has 1 N–H and O–H groups in total. The summed E-state index contributed by atoms with van der Waals surface area (Å²) in [6.45, 7) is 4.91. The number of alkyl halides is 3. The molecule has 0 spiro atoms. The zero-order valence-electron chi connectivity index (χ0n) is 18.1. The van der Waals surface area contributed by atoms with Crippen LogP contribution in [0, 0.1) is 5.82 Å². The Labute approximate surface area is 187 Å². The summed E-state index contributed by atoms with van der Waals surface area (Å²) in [7, 11) is 0. The predicted octanol–water partition coefficient (Wildman–Crippen LogP) is 5.10. The highest BCUT2D eigenvalue weighted by molar-refractivity contribution is 6.21. The molecule has 1 heterocycles. The minimum Gasteiger partial charge on any atom is -0.444 e. The molecule has 0 saturated carbocycles. The first-order valence-electron chi connectivity index (χ1n) is 10.1. The quantitative estimate of drug-likeness (QED) is 0.492.